The van der Waals surface area contributed by atoms with Crippen molar-refractivity contribution >= 4 is 11.7 Å². The number of amides is 1. The van der Waals surface area contributed by atoms with Crippen LogP contribution in [0, 0.1) is 27.7 Å². The minimum atomic E-state index is -0.382. The first-order valence-corrected chi connectivity index (χ1v) is 10.6. The Morgan fingerprint density at radius 3 is 2.41 bits per heavy atom. The lowest BCUT2D eigenvalue weighted by atomic mass is 9.87. The molecule has 2 aromatic carbocycles. The molecule has 1 amide bonds. The maximum atomic E-state index is 13.2. The number of hydrogen-bond donors (Lipinski definition) is 1. The number of benzene rings is 2. The number of hydrazine groups is 1. The number of piperidine rings is 1. The van der Waals surface area contributed by atoms with E-state index < -0.39 is 0 Å². The Bertz CT molecular complexity index is 965. The monoisotopic (exact) mass is 390 g/mol. The van der Waals surface area contributed by atoms with Gasteiger partial charge in [-0.3, -0.25) is 15.0 Å². The highest BCUT2D eigenvalue weighted by Gasteiger charge is 2.38. The lowest BCUT2D eigenvalue weighted by molar-refractivity contribution is -0.128. The third kappa shape index (κ3) is 3.51. The number of rotatable bonds is 3. The van der Waals surface area contributed by atoms with E-state index in [0.717, 1.165) is 53.7 Å². The molecule has 0 radical (unpaired) electrons. The van der Waals surface area contributed by atoms with Crippen LogP contribution in [0.15, 0.2) is 30.3 Å². The van der Waals surface area contributed by atoms with Crippen molar-refractivity contribution in [3.05, 3.63) is 69.3 Å². The molecule has 0 spiro atoms. The van der Waals surface area contributed by atoms with E-state index in [4.69, 9.17) is 0 Å². The smallest absolute Gasteiger partial charge is 0.242 e. The van der Waals surface area contributed by atoms with Gasteiger partial charge in [-0.15, -0.1) is 0 Å². The molecule has 152 valence electrons. The van der Waals surface area contributed by atoms with E-state index in [-0.39, 0.29) is 24.0 Å². The van der Waals surface area contributed by atoms with Crippen molar-refractivity contribution in [2.24, 2.45) is 0 Å². The lowest BCUT2D eigenvalue weighted by Gasteiger charge is -2.33. The van der Waals surface area contributed by atoms with E-state index in [1.54, 1.807) is 0 Å². The van der Waals surface area contributed by atoms with Crippen molar-refractivity contribution in [2.75, 3.05) is 13.1 Å². The van der Waals surface area contributed by atoms with Crippen LogP contribution in [-0.2, 0) is 4.79 Å². The summed E-state index contributed by atoms with van der Waals surface area (Å²) in [7, 11) is 0. The van der Waals surface area contributed by atoms with Crippen molar-refractivity contribution in [3.63, 3.8) is 0 Å². The van der Waals surface area contributed by atoms with Gasteiger partial charge in [0.05, 0.1) is 5.92 Å². The molecule has 4 rings (SSSR count). The highest BCUT2D eigenvalue weighted by molar-refractivity contribution is 6.08. The molecule has 1 saturated heterocycles. The van der Waals surface area contributed by atoms with Crippen molar-refractivity contribution in [1.29, 1.82) is 0 Å². The van der Waals surface area contributed by atoms with Gasteiger partial charge in [-0.25, -0.2) is 5.01 Å². The Morgan fingerprint density at radius 2 is 1.69 bits per heavy atom. The predicted octanol–water partition coefficient (Wildman–Crippen LogP) is 4.50. The number of carbonyl (C=O) groups excluding carboxylic acids is 2. The van der Waals surface area contributed by atoms with E-state index in [1.807, 2.05) is 19.9 Å². The quantitative estimate of drug-likeness (QED) is 0.839. The summed E-state index contributed by atoms with van der Waals surface area (Å²) in [5, 5.41) is 2.05. The minimum absolute atomic E-state index is 0.0448. The zero-order valence-electron chi connectivity index (χ0n) is 17.8. The third-order valence-electron chi connectivity index (χ3n) is 7.03. The molecule has 2 aromatic rings. The zero-order chi connectivity index (χ0) is 20.7. The second-order valence-corrected chi connectivity index (χ2v) is 8.64. The number of fused-ring (bicyclic) bond motifs is 1. The summed E-state index contributed by atoms with van der Waals surface area (Å²) in [6.45, 7) is 9.88. The Hall–Kier alpha value is -2.46. The fraction of sp³-hybridized carbons (Fsp3) is 0.440. The summed E-state index contributed by atoms with van der Waals surface area (Å²) in [6.07, 6.45) is 2.47. The first kappa shape index (κ1) is 19.8. The van der Waals surface area contributed by atoms with Gasteiger partial charge >= 0.3 is 0 Å². The molecule has 2 unspecified atom stereocenters. The predicted molar refractivity (Wildman–Crippen MR) is 115 cm³/mol. The summed E-state index contributed by atoms with van der Waals surface area (Å²) < 4.78 is 0. The normalized spacial score (nSPS) is 21.9. The highest BCUT2D eigenvalue weighted by Crippen LogP contribution is 2.40. The molecule has 1 heterocycles. The van der Waals surface area contributed by atoms with Gasteiger partial charge in [0.1, 0.15) is 0 Å². The summed E-state index contributed by atoms with van der Waals surface area (Å²) >= 11 is 0. The van der Waals surface area contributed by atoms with Crippen LogP contribution >= 0.6 is 0 Å². The Morgan fingerprint density at radius 1 is 1.00 bits per heavy atom. The molecule has 1 fully saturated rings. The molecular formula is C25H30N2O2. The molecular weight excluding hydrogens is 360 g/mol. The van der Waals surface area contributed by atoms with E-state index in [1.165, 1.54) is 11.1 Å². The average Bonchev–Trinajstić information content (AvgIpc) is 3.09. The van der Waals surface area contributed by atoms with Crippen molar-refractivity contribution in [1.82, 2.24) is 10.4 Å². The number of carbonyl (C=O) groups is 2. The molecule has 1 aliphatic carbocycles. The standard InChI is InChI=1S/C25H30N2O2/c1-15-16(2)18(4)24-22(28)13-21(23(24)17(15)3)25(29)26-27-12-8-11-20(14-27)19-9-6-5-7-10-19/h5-7,9-10,20-21H,8,11-14H2,1-4H3,(H,26,29). The van der Waals surface area contributed by atoms with E-state index in [0.29, 0.717) is 5.92 Å². The molecule has 4 nitrogen and oxygen atoms in total. The van der Waals surface area contributed by atoms with Gasteiger partial charge in [0.25, 0.3) is 0 Å². The summed E-state index contributed by atoms with van der Waals surface area (Å²) in [4.78, 5) is 26.0. The molecule has 0 aromatic heterocycles. The molecule has 4 heteroatoms. The molecule has 0 saturated carbocycles. The van der Waals surface area contributed by atoms with Gasteiger partial charge in [0.15, 0.2) is 5.78 Å². The third-order valence-corrected chi connectivity index (χ3v) is 7.03. The van der Waals surface area contributed by atoms with Crippen molar-refractivity contribution in [3.8, 4) is 0 Å². The van der Waals surface area contributed by atoms with E-state index in [2.05, 4.69) is 48.5 Å². The topological polar surface area (TPSA) is 49.4 Å². The Labute approximate surface area is 173 Å². The minimum Gasteiger partial charge on any atom is -0.294 e. The van der Waals surface area contributed by atoms with Gasteiger partial charge in [0, 0.05) is 25.1 Å². The number of ketones is 1. The van der Waals surface area contributed by atoms with Crippen LogP contribution in [0.1, 0.15) is 74.8 Å². The van der Waals surface area contributed by atoms with E-state index in [9.17, 15) is 9.59 Å². The van der Waals surface area contributed by atoms with Gasteiger partial charge in [-0.1, -0.05) is 30.3 Å². The second kappa shape index (κ2) is 7.75. The molecule has 0 bridgehead atoms. The summed E-state index contributed by atoms with van der Waals surface area (Å²) in [6, 6.07) is 10.5. The molecule has 29 heavy (non-hydrogen) atoms. The number of hydrogen-bond acceptors (Lipinski definition) is 3. The molecule has 1 N–H and O–H groups in total. The SMILES string of the molecule is Cc1c(C)c(C)c2c(c1C)C(=O)CC2C(=O)NN1CCCC(c2ccccc2)C1. The van der Waals surface area contributed by atoms with Crippen LogP contribution in [0.5, 0.6) is 0 Å². The molecule has 2 aliphatic rings. The van der Waals surface area contributed by atoms with Crippen LogP contribution < -0.4 is 5.43 Å². The van der Waals surface area contributed by atoms with Crippen LogP contribution in [-0.4, -0.2) is 29.8 Å². The maximum Gasteiger partial charge on any atom is 0.242 e. The highest BCUT2D eigenvalue weighted by atomic mass is 16.2. The van der Waals surface area contributed by atoms with Gasteiger partial charge in [-0.2, -0.15) is 0 Å². The van der Waals surface area contributed by atoms with Gasteiger partial charge in [0.2, 0.25) is 5.91 Å². The fourth-order valence-corrected chi connectivity index (χ4v) is 5.06. The molecule has 2 atom stereocenters. The van der Waals surface area contributed by atoms with E-state index >= 15 is 0 Å². The second-order valence-electron chi connectivity index (χ2n) is 8.64. The lowest BCUT2D eigenvalue weighted by Crippen LogP contribution is -2.48. The molecule has 1 aliphatic heterocycles. The Balaban J connectivity index is 1.54. The largest absolute Gasteiger partial charge is 0.294 e. The number of nitrogens with zero attached hydrogens (tertiary/aromatic N) is 1. The number of Topliss-reactive ketones (excluding diaryl/α,β-unsaturated/α-hetero) is 1. The maximum absolute atomic E-state index is 13.2. The zero-order valence-corrected chi connectivity index (χ0v) is 17.8. The Kier molecular flexibility index (Phi) is 5.30. The van der Waals surface area contributed by atoms with Crippen LogP contribution in [0.4, 0.5) is 0 Å². The van der Waals surface area contributed by atoms with Gasteiger partial charge < -0.3 is 0 Å². The summed E-state index contributed by atoms with van der Waals surface area (Å²) in [5.74, 6) is 0.102. The van der Waals surface area contributed by atoms with Crippen molar-refractivity contribution < 1.29 is 9.59 Å². The summed E-state index contributed by atoms with van der Waals surface area (Å²) in [5.41, 5.74) is 10.7. The van der Waals surface area contributed by atoms with Crippen LogP contribution in [0.25, 0.3) is 0 Å². The van der Waals surface area contributed by atoms with Crippen LogP contribution in [0.3, 0.4) is 0 Å². The van der Waals surface area contributed by atoms with Crippen molar-refractivity contribution in [2.45, 2.75) is 58.8 Å². The average molecular weight is 391 g/mol. The first-order valence-electron chi connectivity index (χ1n) is 10.6. The number of nitrogens with one attached hydrogen (secondary N) is 1. The fourth-order valence-electron chi connectivity index (χ4n) is 5.06. The van der Waals surface area contributed by atoms with Gasteiger partial charge in [-0.05, 0) is 79.8 Å². The first-order chi connectivity index (χ1) is 13.9. The van der Waals surface area contributed by atoms with Crippen LogP contribution in [0.2, 0.25) is 0 Å².